The van der Waals surface area contributed by atoms with E-state index in [0.29, 0.717) is 33.8 Å². The van der Waals surface area contributed by atoms with E-state index in [4.69, 9.17) is 4.74 Å². The molecular formula is C22H21FN4O3S. The van der Waals surface area contributed by atoms with Crippen molar-refractivity contribution in [1.82, 2.24) is 4.98 Å². The molecule has 0 bridgehead atoms. The van der Waals surface area contributed by atoms with Gasteiger partial charge in [0.15, 0.2) is 0 Å². The number of hydrogen-bond acceptors (Lipinski definition) is 6. The molecule has 0 radical (unpaired) electrons. The largest absolute Gasteiger partial charge is 0.494 e. The van der Waals surface area contributed by atoms with E-state index in [1.165, 1.54) is 12.1 Å². The van der Waals surface area contributed by atoms with Crippen molar-refractivity contribution in [3.8, 4) is 5.75 Å². The molecule has 9 heteroatoms. The van der Waals surface area contributed by atoms with E-state index in [-0.39, 0.29) is 5.82 Å². The number of nitrogens with zero attached hydrogens (tertiary/aromatic N) is 1. The Labute approximate surface area is 179 Å². The summed E-state index contributed by atoms with van der Waals surface area (Å²) in [4.78, 5) is 4.61. The van der Waals surface area contributed by atoms with Crippen LogP contribution >= 0.6 is 0 Å². The summed E-state index contributed by atoms with van der Waals surface area (Å²) in [7, 11) is -0.0957. The molecule has 4 rings (SSSR count). The second-order valence-corrected chi connectivity index (χ2v) is 8.76. The Kier molecular flexibility index (Phi) is 5.28. The quantitative estimate of drug-likeness (QED) is 0.377. The van der Waals surface area contributed by atoms with Gasteiger partial charge in [0.1, 0.15) is 17.1 Å². The molecule has 0 aliphatic carbocycles. The van der Waals surface area contributed by atoms with Crippen molar-refractivity contribution in [2.45, 2.75) is 0 Å². The van der Waals surface area contributed by atoms with Gasteiger partial charge < -0.3 is 15.4 Å². The van der Waals surface area contributed by atoms with Crippen LogP contribution in [-0.4, -0.2) is 33.8 Å². The average Bonchev–Trinajstić information content (AvgIpc) is 2.72. The van der Waals surface area contributed by atoms with Gasteiger partial charge in [0.2, 0.25) is 10.0 Å². The maximum atomic E-state index is 13.9. The van der Waals surface area contributed by atoms with Gasteiger partial charge in [-0.05, 0) is 36.4 Å². The molecular weight excluding hydrogens is 419 g/mol. The van der Waals surface area contributed by atoms with Gasteiger partial charge in [-0.1, -0.05) is 12.1 Å². The lowest BCUT2D eigenvalue weighted by atomic mass is 10.1. The molecule has 3 aromatic carbocycles. The second-order valence-electron chi connectivity index (χ2n) is 7.01. The van der Waals surface area contributed by atoms with Crippen molar-refractivity contribution >= 4 is 54.6 Å². The molecule has 7 nitrogen and oxygen atoms in total. The Bertz CT molecular complexity index is 1410. The van der Waals surface area contributed by atoms with Gasteiger partial charge in [-0.15, -0.1) is 0 Å². The van der Waals surface area contributed by atoms with Crippen LogP contribution in [0.15, 0.2) is 54.6 Å². The average molecular weight is 441 g/mol. The number of halogens is 1. The second kappa shape index (κ2) is 7.92. The molecule has 0 saturated carbocycles. The summed E-state index contributed by atoms with van der Waals surface area (Å²) in [5.41, 5.74) is 3.65. The van der Waals surface area contributed by atoms with Crippen molar-refractivity contribution < 1.29 is 17.5 Å². The van der Waals surface area contributed by atoms with Gasteiger partial charge in [-0.3, -0.25) is 4.72 Å². The van der Waals surface area contributed by atoms with E-state index < -0.39 is 10.0 Å². The van der Waals surface area contributed by atoms with Gasteiger partial charge in [-0.25, -0.2) is 17.8 Å². The zero-order valence-corrected chi connectivity index (χ0v) is 18.0. The molecule has 160 valence electrons. The molecule has 0 amide bonds. The molecule has 4 aromatic rings. The third kappa shape index (κ3) is 4.17. The number of nitrogens with one attached hydrogen (secondary N) is 3. The van der Waals surface area contributed by atoms with Gasteiger partial charge in [0.05, 0.1) is 41.6 Å². The molecule has 0 aliphatic rings. The van der Waals surface area contributed by atoms with E-state index in [9.17, 15) is 12.8 Å². The summed E-state index contributed by atoms with van der Waals surface area (Å²) in [6, 6.07) is 15.1. The number of para-hydroxylation sites is 1. The molecule has 1 heterocycles. The Morgan fingerprint density at radius 2 is 1.81 bits per heavy atom. The molecule has 1 aromatic heterocycles. The minimum Gasteiger partial charge on any atom is -0.494 e. The highest BCUT2D eigenvalue weighted by Gasteiger charge is 2.15. The summed E-state index contributed by atoms with van der Waals surface area (Å²) >= 11 is 0. The Hall–Kier alpha value is -3.59. The van der Waals surface area contributed by atoms with Crippen molar-refractivity contribution in [1.29, 1.82) is 0 Å². The third-order valence-electron chi connectivity index (χ3n) is 4.80. The Morgan fingerprint density at radius 1 is 1.00 bits per heavy atom. The lowest BCUT2D eigenvalue weighted by molar-refractivity contribution is 0.419. The highest BCUT2D eigenvalue weighted by Crippen LogP contribution is 2.38. The molecule has 0 saturated heterocycles. The lowest BCUT2D eigenvalue weighted by Crippen LogP contribution is -2.10. The predicted octanol–water partition coefficient (Wildman–Crippen LogP) is 4.69. The summed E-state index contributed by atoms with van der Waals surface area (Å²) in [6.07, 6.45) is 1.10. The van der Waals surface area contributed by atoms with E-state index in [0.717, 1.165) is 22.7 Å². The fourth-order valence-electron chi connectivity index (χ4n) is 3.49. The molecule has 0 aliphatic heterocycles. The lowest BCUT2D eigenvalue weighted by Gasteiger charge is -2.18. The number of pyridine rings is 1. The molecule has 0 fully saturated rings. The van der Waals surface area contributed by atoms with Crippen molar-refractivity contribution in [2.24, 2.45) is 0 Å². The van der Waals surface area contributed by atoms with E-state index >= 15 is 0 Å². The first kappa shape index (κ1) is 20.7. The van der Waals surface area contributed by atoms with E-state index in [2.05, 4.69) is 20.3 Å². The summed E-state index contributed by atoms with van der Waals surface area (Å²) in [5, 5.41) is 8.03. The first-order chi connectivity index (χ1) is 14.8. The van der Waals surface area contributed by atoms with Crippen LogP contribution in [0.2, 0.25) is 0 Å². The summed E-state index contributed by atoms with van der Waals surface area (Å²) in [5.74, 6) is 0.195. The predicted molar refractivity (Wildman–Crippen MR) is 123 cm³/mol. The van der Waals surface area contributed by atoms with Gasteiger partial charge >= 0.3 is 0 Å². The Balaban J connectivity index is 1.91. The number of sulfonamides is 1. The topological polar surface area (TPSA) is 92.3 Å². The zero-order valence-electron chi connectivity index (χ0n) is 17.2. The molecule has 0 unspecified atom stereocenters. The van der Waals surface area contributed by atoms with Gasteiger partial charge in [0.25, 0.3) is 0 Å². The smallest absolute Gasteiger partial charge is 0.229 e. The van der Waals surface area contributed by atoms with Crippen LogP contribution in [0, 0.1) is 5.82 Å². The summed E-state index contributed by atoms with van der Waals surface area (Å²) in [6.45, 7) is 0. The number of benzene rings is 3. The molecule has 3 N–H and O–H groups in total. The number of ether oxygens (including phenoxy) is 1. The molecule has 0 atom stereocenters. The maximum absolute atomic E-state index is 13.9. The number of aromatic nitrogens is 1. The maximum Gasteiger partial charge on any atom is 0.229 e. The number of hydrogen-bond donors (Lipinski definition) is 3. The molecule has 0 spiro atoms. The first-order valence-corrected chi connectivity index (χ1v) is 11.3. The van der Waals surface area contributed by atoms with Crippen LogP contribution < -0.4 is 20.1 Å². The minimum atomic E-state index is -3.40. The van der Waals surface area contributed by atoms with Crippen LogP contribution in [-0.2, 0) is 10.0 Å². The van der Waals surface area contributed by atoms with Crippen LogP contribution in [0.5, 0.6) is 5.75 Å². The van der Waals surface area contributed by atoms with Crippen molar-refractivity contribution in [3.05, 3.63) is 60.4 Å². The fourth-order valence-corrected chi connectivity index (χ4v) is 4.04. The van der Waals surface area contributed by atoms with Crippen LogP contribution in [0.25, 0.3) is 21.8 Å². The highest BCUT2D eigenvalue weighted by atomic mass is 32.2. The number of fused-ring (bicyclic) bond motifs is 2. The monoisotopic (exact) mass is 440 g/mol. The normalized spacial score (nSPS) is 11.5. The zero-order chi connectivity index (χ0) is 22.2. The standard InChI is InChI=1S/C22H21FN4O3S/c1-24-19-12-14(27-31(3,28)29)8-10-17(19)25-21-15-9-7-13(23)11-18(15)26-22-16(21)5-4-6-20(22)30-2/h4-12,24,27H,1-3H3,(H,25,26). The highest BCUT2D eigenvalue weighted by molar-refractivity contribution is 7.92. The number of rotatable bonds is 6. The third-order valence-corrected chi connectivity index (χ3v) is 5.41. The van der Waals surface area contributed by atoms with Crippen LogP contribution in [0.3, 0.4) is 0 Å². The van der Waals surface area contributed by atoms with Crippen LogP contribution in [0.4, 0.5) is 27.1 Å². The summed E-state index contributed by atoms with van der Waals surface area (Å²) < 4.78 is 45.0. The number of anilines is 4. The molecule has 31 heavy (non-hydrogen) atoms. The van der Waals surface area contributed by atoms with E-state index in [1.807, 2.05) is 12.1 Å². The van der Waals surface area contributed by atoms with E-state index in [1.54, 1.807) is 44.5 Å². The minimum absolute atomic E-state index is 0.382. The SMILES string of the molecule is CNc1cc(NS(C)(=O)=O)ccc1Nc1c2ccc(F)cc2nc2c(OC)cccc12. The van der Waals surface area contributed by atoms with Crippen LogP contribution in [0.1, 0.15) is 0 Å². The van der Waals surface area contributed by atoms with Crippen molar-refractivity contribution in [2.75, 3.05) is 35.8 Å². The Morgan fingerprint density at radius 3 is 2.52 bits per heavy atom. The first-order valence-electron chi connectivity index (χ1n) is 9.41. The fraction of sp³-hybridized carbons (Fsp3) is 0.136. The van der Waals surface area contributed by atoms with Gasteiger partial charge in [-0.2, -0.15) is 0 Å². The van der Waals surface area contributed by atoms with Gasteiger partial charge in [0, 0.05) is 23.9 Å². The van der Waals surface area contributed by atoms with Crippen molar-refractivity contribution in [3.63, 3.8) is 0 Å². The number of methoxy groups -OCH3 is 1.